The summed E-state index contributed by atoms with van der Waals surface area (Å²) in [7, 11) is 0. The molecule has 34 heavy (non-hydrogen) atoms. The maximum absolute atomic E-state index is 13.0. The highest BCUT2D eigenvalue weighted by Gasteiger charge is 2.24. The summed E-state index contributed by atoms with van der Waals surface area (Å²) in [6, 6.07) is 23.6. The van der Waals surface area contributed by atoms with Gasteiger partial charge in [0.15, 0.2) is 11.0 Å². The molecule has 1 aliphatic heterocycles. The minimum atomic E-state index is 0.0839. The fourth-order valence-corrected chi connectivity index (χ4v) is 5.04. The van der Waals surface area contributed by atoms with Gasteiger partial charge in [-0.1, -0.05) is 71.9 Å². The Kier molecular flexibility index (Phi) is 6.78. The normalized spacial score (nSPS) is 13.8. The third-order valence-electron chi connectivity index (χ3n) is 5.68. The lowest BCUT2D eigenvalue weighted by molar-refractivity contribution is -0.128. The van der Waals surface area contributed by atoms with Gasteiger partial charge in [-0.25, -0.2) is 4.98 Å². The van der Waals surface area contributed by atoms with E-state index in [0.29, 0.717) is 42.1 Å². The van der Waals surface area contributed by atoms with Gasteiger partial charge in [-0.2, -0.15) is 0 Å². The molecule has 1 amide bonds. The molecule has 172 valence electrons. The molecular formula is C25H23ClN6OS. The topological polar surface area (TPSA) is 67.2 Å². The van der Waals surface area contributed by atoms with Crippen LogP contribution in [0.2, 0.25) is 5.02 Å². The third-order valence-corrected chi connectivity index (χ3v) is 6.88. The molecule has 0 aliphatic carbocycles. The minimum Gasteiger partial charge on any atom is -0.352 e. The van der Waals surface area contributed by atoms with Gasteiger partial charge in [0, 0.05) is 43.6 Å². The Labute approximate surface area is 207 Å². The van der Waals surface area contributed by atoms with Crippen molar-refractivity contribution in [3.05, 3.63) is 84.0 Å². The predicted octanol–water partition coefficient (Wildman–Crippen LogP) is 4.42. The number of thioether (sulfide) groups is 1. The zero-order valence-electron chi connectivity index (χ0n) is 18.4. The van der Waals surface area contributed by atoms with Crippen molar-refractivity contribution in [3.8, 4) is 17.1 Å². The standard InChI is InChI=1S/C25H23ClN6OS/c26-21-12-7-13-27-24(21)31-16-14-30(15-17-31)22(33)18-34-25-29-28-23(19-8-3-1-4-9-19)32(25)20-10-5-2-6-11-20/h1-13H,14-18H2. The van der Waals surface area contributed by atoms with Gasteiger partial charge in [-0.3, -0.25) is 9.36 Å². The molecule has 0 spiro atoms. The van der Waals surface area contributed by atoms with E-state index < -0.39 is 0 Å². The Hall–Kier alpha value is -3.36. The molecule has 1 saturated heterocycles. The average molecular weight is 491 g/mol. The number of hydrogen-bond acceptors (Lipinski definition) is 6. The summed E-state index contributed by atoms with van der Waals surface area (Å²) in [4.78, 5) is 21.4. The number of hydrogen-bond donors (Lipinski definition) is 0. The Morgan fingerprint density at radius 2 is 1.59 bits per heavy atom. The van der Waals surface area contributed by atoms with E-state index in [2.05, 4.69) is 20.1 Å². The number of rotatable bonds is 6. The quantitative estimate of drug-likeness (QED) is 0.373. The maximum Gasteiger partial charge on any atom is 0.233 e. The highest BCUT2D eigenvalue weighted by molar-refractivity contribution is 7.99. The summed E-state index contributed by atoms with van der Waals surface area (Å²) in [5.41, 5.74) is 1.93. The summed E-state index contributed by atoms with van der Waals surface area (Å²) in [5.74, 6) is 1.91. The lowest BCUT2D eigenvalue weighted by atomic mass is 10.2. The largest absolute Gasteiger partial charge is 0.352 e. The fourth-order valence-electron chi connectivity index (χ4n) is 3.94. The maximum atomic E-state index is 13.0. The van der Waals surface area contributed by atoms with E-state index in [-0.39, 0.29) is 5.91 Å². The molecule has 7 nitrogen and oxygen atoms in total. The molecule has 4 aromatic rings. The number of nitrogens with zero attached hydrogens (tertiary/aromatic N) is 6. The van der Waals surface area contributed by atoms with Crippen LogP contribution in [-0.4, -0.2) is 62.5 Å². The molecule has 1 fully saturated rings. The molecule has 5 rings (SSSR count). The Morgan fingerprint density at radius 1 is 0.882 bits per heavy atom. The highest BCUT2D eigenvalue weighted by atomic mass is 35.5. The van der Waals surface area contributed by atoms with Crippen LogP contribution in [0, 0.1) is 0 Å². The number of pyridine rings is 1. The van der Waals surface area contributed by atoms with Crippen LogP contribution in [-0.2, 0) is 4.79 Å². The van der Waals surface area contributed by atoms with Gasteiger partial charge in [-0.05, 0) is 24.3 Å². The number of para-hydroxylation sites is 1. The molecule has 3 heterocycles. The molecular weight excluding hydrogens is 468 g/mol. The van der Waals surface area contributed by atoms with Gasteiger partial charge >= 0.3 is 0 Å². The van der Waals surface area contributed by atoms with Crippen molar-refractivity contribution >= 4 is 35.1 Å². The lowest BCUT2D eigenvalue weighted by Crippen LogP contribution is -2.49. The van der Waals surface area contributed by atoms with Crippen molar-refractivity contribution in [1.29, 1.82) is 0 Å². The van der Waals surface area contributed by atoms with E-state index in [4.69, 9.17) is 11.6 Å². The van der Waals surface area contributed by atoms with Crippen LogP contribution in [0.4, 0.5) is 5.82 Å². The number of piperazine rings is 1. The van der Waals surface area contributed by atoms with Crippen molar-refractivity contribution in [2.45, 2.75) is 5.16 Å². The second kappa shape index (κ2) is 10.3. The number of halogens is 1. The van der Waals surface area contributed by atoms with E-state index in [0.717, 1.165) is 22.9 Å². The van der Waals surface area contributed by atoms with Crippen LogP contribution in [0.3, 0.4) is 0 Å². The van der Waals surface area contributed by atoms with Gasteiger partial charge in [0.25, 0.3) is 0 Å². The minimum absolute atomic E-state index is 0.0839. The van der Waals surface area contributed by atoms with E-state index in [1.165, 1.54) is 11.8 Å². The van der Waals surface area contributed by atoms with Crippen molar-refractivity contribution in [1.82, 2.24) is 24.6 Å². The number of aromatic nitrogens is 4. The van der Waals surface area contributed by atoms with Gasteiger partial charge < -0.3 is 9.80 Å². The van der Waals surface area contributed by atoms with Crippen LogP contribution < -0.4 is 4.90 Å². The summed E-state index contributed by atoms with van der Waals surface area (Å²) in [5, 5.41) is 10.2. The Balaban J connectivity index is 1.28. The first-order valence-corrected chi connectivity index (χ1v) is 12.4. The first kappa shape index (κ1) is 22.4. The average Bonchev–Trinajstić information content (AvgIpc) is 3.33. The van der Waals surface area contributed by atoms with Gasteiger partial charge in [0.1, 0.15) is 5.82 Å². The molecule has 0 unspecified atom stereocenters. The molecule has 0 N–H and O–H groups in total. The summed E-state index contributed by atoms with van der Waals surface area (Å²) >= 11 is 7.69. The molecule has 0 bridgehead atoms. The lowest BCUT2D eigenvalue weighted by Gasteiger charge is -2.35. The summed E-state index contributed by atoms with van der Waals surface area (Å²) < 4.78 is 2.01. The van der Waals surface area contributed by atoms with Crippen LogP contribution in [0.15, 0.2) is 84.1 Å². The molecule has 9 heteroatoms. The van der Waals surface area contributed by atoms with Crippen molar-refractivity contribution in [3.63, 3.8) is 0 Å². The van der Waals surface area contributed by atoms with Gasteiger partial charge in [-0.15, -0.1) is 10.2 Å². The molecule has 0 radical (unpaired) electrons. The van der Waals surface area contributed by atoms with Crippen molar-refractivity contribution in [2.24, 2.45) is 0 Å². The number of carbonyl (C=O) groups is 1. The van der Waals surface area contributed by atoms with Gasteiger partial charge in [0.2, 0.25) is 5.91 Å². The van der Waals surface area contributed by atoms with Crippen molar-refractivity contribution in [2.75, 3.05) is 36.8 Å². The highest BCUT2D eigenvalue weighted by Crippen LogP contribution is 2.28. The molecule has 0 atom stereocenters. The predicted molar refractivity (Wildman–Crippen MR) is 136 cm³/mol. The fraction of sp³-hybridized carbons (Fsp3) is 0.200. The molecule has 1 aliphatic rings. The van der Waals surface area contributed by atoms with Crippen LogP contribution in [0.25, 0.3) is 17.1 Å². The molecule has 0 saturated carbocycles. The monoisotopic (exact) mass is 490 g/mol. The van der Waals surface area contributed by atoms with Gasteiger partial charge in [0.05, 0.1) is 10.8 Å². The zero-order chi connectivity index (χ0) is 23.3. The molecule has 2 aromatic carbocycles. The van der Waals surface area contributed by atoms with E-state index in [1.807, 2.05) is 82.3 Å². The first-order valence-electron chi connectivity index (χ1n) is 11.0. The van der Waals surface area contributed by atoms with E-state index in [1.54, 1.807) is 6.20 Å². The second-order valence-electron chi connectivity index (χ2n) is 7.81. The Morgan fingerprint density at radius 3 is 2.29 bits per heavy atom. The van der Waals surface area contributed by atoms with Crippen LogP contribution in [0.1, 0.15) is 0 Å². The smallest absolute Gasteiger partial charge is 0.233 e. The number of anilines is 1. The first-order chi connectivity index (χ1) is 16.7. The summed E-state index contributed by atoms with van der Waals surface area (Å²) in [6.07, 6.45) is 1.74. The molecule has 2 aromatic heterocycles. The second-order valence-corrected chi connectivity index (χ2v) is 9.16. The Bertz CT molecular complexity index is 1260. The number of benzene rings is 2. The van der Waals surface area contributed by atoms with E-state index >= 15 is 0 Å². The number of carbonyl (C=O) groups excluding carboxylic acids is 1. The number of amides is 1. The van der Waals surface area contributed by atoms with E-state index in [9.17, 15) is 4.79 Å². The SMILES string of the molecule is O=C(CSc1nnc(-c2ccccc2)n1-c1ccccc1)N1CCN(c2ncccc2Cl)CC1. The van der Waals surface area contributed by atoms with Crippen LogP contribution >= 0.6 is 23.4 Å². The van der Waals surface area contributed by atoms with Crippen LogP contribution in [0.5, 0.6) is 0 Å². The summed E-state index contributed by atoms with van der Waals surface area (Å²) in [6.45, 7) is 2.66. The zero-order valence-corrected chi connectivity index (χ0v) is 20.0. The van der Waals surface area contributed by atoms with Crippen molar-refractivity contribution < 1.29 is 4.79 Å². The third kappa shape index (κ3) is 4.78.